The van der Waals surface area contributed by atoms with Gasteiger partial charge in [-0.05, 0) is 49.8 Å². The topological polar surface area (TPSA) is 119 Å². The first-order chi connectivity index (χ1) is 16.9. The van der Waals surface area contributed by atoms with E-state index in [0.717, 1.165) is 61.8 Å². The average molecular weight is 498 g/mol. The Balaban J connectivity index is 1.46. The number of para-hydroxylation sites is 1. The number of nitrogens with zero attached hydrogens (tertiary/aromatic N) is 1. The summed E-state index contributed by atoms with van der Waals surface area (Å²) >= 11 is 1.44. The van der Waals surface area contributed by atoms with Gasteiger partial charge < -0.3 is 20.7 Å². The van der Waals surface area contributed by atoms with Gasteiger partial charge in [0, 0.05) is 29.4 Å². The molecule has 2 aliphatic rings. The number of carbonyl (C=O) groups excluding carboxylic acids is 4. The number of benzene rings is 1. The monoisotopic (exact) mass is 497 g/mol. The molecule has 0 bridgehead atoms. The Labute approximate surface area is 208 Å². The minimum absolute atomic E-state index is 0.00995. The Morgan fingerprint density at radius 2 is 1.77 bits per heavy atom. The van der Waals surface area contributed by atoms with Crippen molar-refractivity contribution in [2.45, 2.75) is 57.8 Å². The zero-order valence-corrected chi connectivity index (χ0v) is 20.5. The highest BCUT2D eigenvalue weighted by Gasteiger charge is 2.31. The van der Waals surface area contributed by atoms with Crippen molar-refractivity contribution in [3.63, 3.8) is 0 Å². The summed E-state index contributed by atoms with van der Waals surface area (Å²) in [7, 11) is 0. The quantitative estimate of drug-likeness (QED) is 0.511. The minimum atomic E-state index is -0.611. The number of hydrogen-bond donors (Lipinski definition) is 2. The summed E-state index contributed by atoms with van der Waals surface area (Å²) in [5, 5.41) is 3.52. The number of hydrogen-bond acceptors (Lipinski definition) is 6. The van der Waals surface area contributed by atoms with Gasteiger partial charge in [-0.3, -0.25) is 14.4 Å². The van der Waals surface area contributed by atoms with Gasteiger partial charge in [-0.1, -0.05) is 37.5 Å². The van der Waals surface area contributed by atoms with Gasteiger partial charge in [0.05, 0.1) is 5.56 Å². The zero-order valence-electron chi connectivity index (χ0n) is 19.7. The summed E-state index contributed by atoms with van der Waals surface area (Å²) in [6.45, 7) is -0.389. The molecule has 2 aromatic rings. The van der Waals surface area contributed by atoms with Crippen LogP contribution in [0.2, 0.25) is 0 Å². The number of ether oxygens (including phenoxy) is 1. The predicted octanol–water partition coefficient (Wildman–Crippen LogP) is 3.82. The Bertz CT molecular complexity index is 1090. The third-order valence-corrected chi connectivity index (χ3v) is 7.82. The third kappa shape index (κ3) is 6.08. The number of thiophene rings is 1. The first-order valence-electron chi connectivity index (χ1n) is 12.2. The average Bonchev–Trinajstić information content (AvgIpc) is 3.44. The molecule has 8 nitrogen and oxygen atoms in total. The van der Waals surface area contributed by atoms with Gasteiger partial charge in [0.1, 0.15) is 5.00 Å². The van der Waals surface area contributed by atoms with E-state index < -0.39 is 24.4 Å². The number of aryl methyl sites for hydroxylation is 1. The lowest BCUT2D eigenvalue weighted by Crippen LogP contribution is -2.37. The summed E-state index contributed by atoms with van der Waals surface area (Å²) in [6.07, 6.45) is 7.54. The lowest BCUT2D eigenvalue weighted by Gasteiger charge is -2.22. The van der Waals surface area contributed by atoms with Crippen LogP contribution in [0.3, 0.4) is 0 Å². The van der Waals surface area contributed by atoms with Crippen molar-refractivity contribution in [2.75, 3.05) is 23.4 Å². The second-order valence-electron chi connectivity index (χ2n) is 9.06. The SMILES string of the molecule is NC(=O)CCN(C(=O)COC(=O)c1c(NC(=O)C2CCCCC2)sc2c1CCC2)c1ccccc1. The molecule has 1 aromatic heterocycles. The molecule has 0 aliphatic heterocycles. The van der Waals surface area contributed by atoms with Crippen LogP contribution >= 0.6 is 11.3 Å². The number of esters is 1. The Hall–Kier alpha value is -3.20. The van der Waals surface area contributed by atoms with Crippen LogP contribution in [0.5, 0.6) is 0 Å². The molecule has 1 fully saturated rings. The molecule has 0 spiro atoms. The van der Waals surface area contributed by atoms with Crippen LogP contribution in [0.4, 0.5) is 10.7 Å². The van der Waals surface area contributed by atoms with Gasteiger partial charge in [-0.25, -0.2) is 4.79 Å². The maximum Gasteiger partial charge on any atom is 0.341 e. The fourth-order valence-electron chi connectivity index (χ4n) is 4.79. The molecule has 1 saturated carbocycles. The molecule has 1 aromatic carbocycles. The molecular weight excluding hydrogens is 466 g/mol. The smallest absolute Gasteiger partial charge is 0.341 e. The lowest BCUT2D eigenvalue weighted by atomic mass is 9.89. The van der Waals surface area contributed by atoms with E-state index in [1.165, 1.54) is 16.2 Å². The molecule has 0 unspecified atom stereocenters. The molecule has 3 amide bonds. The highest BCUT2D eigenvalue weighted by atomic mass is 32.1. The minimum Gasteiger partial charge on any atom is -0.452 e. The highest BCUT2D eigenvalue weighted by Crippen LogP contribution is 2.40. The van der Waals surface area contributed by atoms with Crippen molar-refractivity contribution in [3.8, 4) is 0 Å². The molecule has 2 aliphatic carbocycles. The van der Waals surface area contributed by atoms with Crippen molar-refractivity contribution in [3.05, 3.63) is 46.3 Å². The largest absolute Gasteiger partial charge is 0.452 e. The van der Waals surface area contributed by atoms with E-state index in [2.05, 4.69) is 5.32 Å². The van der Waals surface area contributed by atoms with Crippen LogP contribution in [0.25, 0.3) is 0 Å². The fraction of sp³-hybridized carbons (Fsp3) is 0.462. The molecule has 9 heteroatoms. The fourth-order valence-corrected chi connectivity index (χ4v) is 6.07. The van der Waals surface area contributed by atoms with Crippen LogP contribution in [0.15, 0.2) is 30.3 Å². The summed E-state index contributed by atoms with van der Waals surface area (Å²) in [5.74, 6) is -1.67. The van der Waals surface area contributed by atoms with Gasteiger partial charge in [0.2, 0.25) is 11.8 Å². The van der Waals surface area contributed by atoms with Crippen LogP contribution in [-0.4, -0.2) is 36.8 Å². The van der Waals surface area contributed by atoms with Gasteiger partial charge >= 0.3 is 5.97 Å². The number of anilines is 2. The van der Waals surface area contributed by atoms with E-state index in [-0.39, 0.29) is 24.8 Å². The van der Waals surface area contributed by atoms with E-state index in [4.69, 9.17) is 10.5 Å². The van der Waals surface area contributed by atoms with Crippen LogP contribution in [0, 0.1) is 5.92 Å². The molecule has 186 valence electrons. The number of primary amides is 1. The van der Waals surface area contributed by atoms with Crippen LogP contribution in [-0.2, 0) is 32.0 Å². The van der Waals surface area contributed by atoms with Crippen LogP contribution in [0.1, 0.15) is 65.7 Å². The van der Waals surface area contributed by atoms with E-state index in [0.29, 0.717) is 16.3 Å². The summed E-state index contributed by atoms with van der Waals surface area (Å²) in [6, 6.07) is 8.86. The predicted molar refractivity (Wildman–Crippen MR) is 134 cm³/mol. The Morgan fingerprint density at radius 1 is 1.03 bits per heavy atom. The van der Waals surface area contributed by atoms with E-state index in [1.54, 1.807) is 24.3 Å². The molecule has 0 radical (unpaired) electrons. The second kappa shape index (κ2) is 11.5. The van der Waals surface area contributed by atoms with Gasteiger partial charge in [0.25, 0.3) is 5.91 Å². The van der Waals surface area contributed by atoms with Crippen LogP contribution < -0.4 is 16.0 Å². The van der Waals surface area contributed by atoms with Crippen molar-refractivity contribution in [1.82, 2.24) is 0 Å². The normalized spacial score (nSPS) is 15.3. The Kier molecular flexibility index (Phi) is 8.17. The second-order valence-corrected chi connectivity index (χ2v) is 10.2. The van der Waals surface area contributed by atoms with Crippen molar-refractivity contribution in [1.29, 1.82) is 0 Å². The number of fused-ring (bicyclic) bond motifs is 1. The lowest BCUT2D eigenvalue weighted by molar-refractivity contribution is -0.122. The number of carbonyl (C=O) groups is 4. The molecule has 3 N–H and O–H groups in total. The Morgan fingerprint density at radius 3 is 2.49 bits per heavy atom. The van der Waals surface area contributed by atoms with Gasteiger partial charge in [-0.2, -0.15) is 0 Å². The maximum atomic E-state index is 13.2. The third-order valence-electron chi connectivity index (χ3n) is 6.62. The number of nitrogens with two attached hydrogens (primary N) is 1. The molecule has 1 heterocycles. The number of rotatable bonds is 9. The molecule has 0 atom stereocenters. The molecule has 4 rings (SSSR count). The maximum absolute atomic E-state index is 13.2. The molecule has 0 saturated heterocycles. The molecule has 35 heavy (non-hydrogen) atoms. The zero-order chi connectivity index (χ0) is 24.8. The first-order valence-corrected chi connectivity index (χ1v) is 13.0. The van der Waals surface area contributed by atoms with E-state index in [1.807, 2.05) is 6.07 Å². The standard InChI is InChI=1S/C26H31N3O5S/c27-21(30)14-15-29(18-10-5-2-6-11-18)22(31)16-34-26(33)23-19-12-7-13-20(19)35-25(23)28-24(32)17-8-3-1-4-9-17/h2,5-6,10-11,17H,1,3-4,7-9,12-16H2,(H2,27,30)(H,28,32). The molecular formula is C26H31N3O5S. The van der Waals surface area contributed by atoms with Crippen molar-refractivity contribution < 1.29 is 23.9 Å². The summed E-state index contributed by atoms with van der Waals surface area (Å²) in [4.78, 5) is 52.8. The number of nitrogens with one attached hydrogen (secondary N) is 1. The number of amides is 3. The summed E-state index contributed by atoms with van der Waals surface area (Å²) < 4.78 is 5.46. The van der Waals surface area contributed by atoms with Gasteiger partial charge in [-0.15, -0.1) is 11.3 Å². The summed E-state index contributed by atoms with van der Waals surface area (Å²) in [5.41, 5.74) is 7.16. The first kappa shape index (κ1) is 24.9. The highest BCUT2D eigenvalue weighted by molar-refractivity contribution is 7.17. The van der Waals surface area contributed by atoms with E-state index in [9.17, 15) is 19.2 Å². The van der Waals surface area contributed by atoms with Gasteiger partial charge in [0.15, 0.2) is 6.61 Å². The van der Waals surface area contributed by atoms with E-state index >= 15 is 0 Å². The van der Waals surface area contributed by atoms with Crippen molar-refractivity contribution >= 4 is 45.7 Å². The van der Waals surface area contributed by atoms with Crippen molar-refractivity contribution in [2.24, 2.45) is 11.7 Å².